The molecule has 3 aromatic rings. The first kappa shape index (κ1) is 36.4. The van der Waals surface area contributed by atoms with E-state index in [4.69, 9.17) is 16.3 Å². The number of nitrogens with one attached hydrogen (secondary N) is 1. The van der Waals surface area contributed by atoms with Crippen molar-refractivity contribution in [1.29, 1.82) is 0 Å². The predicted molar refractivity (Wildman–Crippen MR) is 197 cm³/mol. The van der Waals surface area contributed by atoms with Crippen molar-refractivity contribution in [2.24, 2.45) is 5.41 Å². The molecule has 0 saturated carbocycles. The van der Waals surface area contributed by atoms with E-state index in [-0.39, 0.29) is 29.4 Å². The Morgan fingerprint density at radius 3 is 2.48 bits per heavy atom. The standard InChI is InChI=1S/C41H47ClN2O4/c1-28(16-22-37-29(2)13-10-24-41(37,4)5)12-8-7-9-15-39(46)43-25-11-14-33(45)26-35-30(3)44(38-23-21-34(48-6)27-36(35)38)40(47)31-17-19-32(42)20-18-31/h7-9,12,15-23,27H,10-11,13-14,24-26H2,1-6H3,(H,43,46)/b8-7+,15-9+,22-16+,28-12+. The van der Waals surface area contributed by atoms with E-state index >= 15 is 0 Å². The summed E-state index contributed by atoms with van der Waals surface area (Å²) < 4.78 is 7.08. The number of carbonyl (C=O) groups is 3. The van der Waals surface area contributed by atoms with E-state index < -0.39 is 0 Å². The average Bonchev–Trinajstić information content (AvgIpc) is 3.32. The molecule has 0 radical (unpaired) electrons. The number of carbonyl (C=O) groups excluding carboxylic acids is 3. The highest BCUT2D eigenvalue weighted by Gasteiger charge is 2.26. The van der Waals surface area contributed by atoms with Crippen molar-refractivity contribution in [3.05, 3.63) is 124 Å². The lowest BCUT2D eigenvalue weighted by Gasteiger charge is -2.32. The zero-order valence-electron chi connectivity index (χ0n) is 29.0. The van der Waals surface area contributed by atoms with E-state index in [1.807, 2.05) is 37.3 Å². The van der Waals surface area contributed by atoms with Gasteiger partial charge in [-0.15, -0.1) is 0 Å². The van der Waals surface area contributed by atoms with Gasteiger partial charge in [0.15, 0.2) is 0 Å². The summed E-state index contributed by atoms with van der Waals surface area (Å²) in [4.78, 5) is 38.9. The lowest BCUT2D eigenvalue weighted by atomic mass is 9.72. The minimum atomic E-state index is -0.207. The number of allylic oxidation sites excluding steroid dienone is 9. The molecule has 1 aliphatic rings. The number of aromatic nitrogens is 1. The first-order chi connectivity index (χ1) is 22.9. The van der Waals surface area contributed by atoms with Crippen LogP contribution in [-0.2, 0) is 16.0 Å². The van der Waals surface area contributed by atoms with E-state index in [1.165, 1.54) is 36.5 Å². The van der Waals surface area contributed by atoms with Gasteiger partial charge in [-0.25, -0.2) is 0 Å². The van der Waals surface area contributed by atoms with Crippen molar-refractivity contribution in [1.82, 2.24) is 9.88 Å². The van der Waals surface area contributed by atoms with E-state index in [0.29, 0.717) is 46.9 Å². The van der Waals surface area contributed by atoms with Crippen LogP contribution < -0.4 is 10.1 Å². The Balaban J connectivity index is 1.29. The van der Waals surface area contributed by atoms with Gasteiger partial charge in [-0.1, -0.05) is 73.1 Å². The maximum absolute atomic E-state index is 13.5. The molecule has 252 valence electrons. The van der Waals surface area contributed by atoms with Crippen LogP contribution in [0, 0.1) is 12.3 Å². The smallest absolute Gasteiger partial charge is 0.262 e. The molecule has 0 saturated heterocycles. The number of rotatable bonds is 13. The SMILES string of the molecule is COc1ccc2c(c1)c(CC(=O)CCCNC(=O)/C=C/C=C/C=C(C)/C=C/C1=C(C)CCCC1(C)C)c(C)n2C(=O)c1ccc(Cl)cc1. The predicted octanol–water partition coefficient (Wildman–Crippen LogP) is 9.45. The lowest BCUT2D eigenvalue weighted by molar-refractivity contribution is -0.119. The number of Topliss-reactive ketones (excluding diaryl/α,β-unsaturated/α-hetero) is 1. The molecule has 1 heterocycles. The van der Waals surface area contributed by atoms with E-state index in [1.54, 1.807) is 48.1 Å². The Labute approximate surface area is 289 Å². The number of hydrogen-bond acceptors (Lipinski definition) is 4. The number of ketones is 1. The van der Waals surface area contributed by atoms with Crippen molar-refractivity contribution in [2.45, 2.75) is 73.1 Å². The molecule has 0 unspecified atom stereocenters. The molecular weight excluding hydrogens is 620 g/mol. The Morgan fingerprint density at radius 1 is 1.02 bits per heavy atom. The molecule has 6 nitrogen and oxygen atoms in total. The number of amides is 1. The van der Waals surface area contributed by atoms with Crippen LogP contribution in [0.2, 0.25) is 5.02 Å². The summed E-state index contributed by atoms with van der Waals surface area (Å²) in [5.41, 5.74) is 6.99. The van der Waals surface area contributed by atoms with Crippen LogP contribution in [0.5, 0.6) is 5.75 Å². The van der Waals surface area contributed by atoms with E-state index in [0.717, 1.165) is 16.5 Å². The Hall–Kier alpha value is -4.42. The fourth-order valence-corrected chi connectivity index (χ4v) is 6.46. The summed E-state index contributed by atoms with van der Waals surface area (Å²) in [6.45, 7) is 11.2. The first-order valence-corrected chi connectivity index (χ1v) is 17.0. The summed E-state index contributed by atoms with van der Waals surface area (Å²) in [5.74, 6) is 0.272. The number of methoxy groups -OCH3 is 1. The second kappa shape index (κ2) is 16.6. The topological polar surface area (TPSA) is 77.4 Å². The van der Waals surface area contributed by atoms with Crippen LogP contribution in [0.1, 0.15) is 81.4 Å². The summed E-state index contributed by atoms with van der Waals surface area (Å²) in [6.07, 6.45) is 18.0. The van der Waals surface area contributed by atoms with Gasteiger partial charge in [0.1, 0.15) is 11.5 Å². The Kier molecular flexibility index (Phi) is 12.6. The Morgan fingerprint density at radius 2 is 1.77 bits per heavy atom. The largest absolute Gasteiger partial charge is 0.497 e. The maximum Gasteiger partial charge on any atom is 0.262 e. The van der Waals surface area contributed by atoms with Crippen LogP contribution in [0.25, 0.3) is 10.9 Å². The highest BCUT2D eigenvalue weighted by molar-refractivity contribution is 6.30. The van der Waals surface area contributed by atoms with Crippen LogP contribution in [0.4, 0.5) is 0 Å². The van der Waals surface area contributed by atoms with Crippen molar-refractivity contribution in [3.8, 4) is 5.75 Å². The molecule has 7 heteroatoms. The summed E-state index contributed by atoms with van der Waals surface area (Å²) >= 11 is 6.03. The van der Waals surface area contributed by atoms with Crippen LogP contribution in [-0.4, -0.2) is 35.8 Å². The second-order valence-electron chi connectivity index (χ2n) is 13.1. The molecule has 1 aliphatic carbocycles. The molecular formula is C41H47ClN2O4. The van der Waals surface area contributed by atoms with Crippen molar-refractivity contribution in [2.75, 3.05) is 13.7 Å². The molecule has 1 amide bonds. The molecule has 4 rings (SSSR count). The van der Waals surface area contributed by atoms with Gasteiger partial charge >= 0.3 is 0 Å². The zero-order chi connectivity index (χ0) is 34.8. The van der Waals surface area contributed by atoms with Crippen LogP contribution >= 0.6 is 11.6 Å². The van der Waals surface area contributed by atoms with Gasteiger partial charge in [0.2, 0.25) is 5.91 Å². The third kappa shape index (κ3) is 9.35. The van der Waals surface area contributed by atoms with Crippen LogP contribution in [0.3, 0.4) is 0 Å². The van der Waals surface area contributed by atoms with Gasteiger partial charge < -0.3 is 10.1 Å². The third-order valence-electron chi connectivity index (χ3n) is 9.03. The monoisotopic (exact) mass is 666 g/mol. The molecule has 2 aromatic carbocycles. The van der Waals surface area contributed by atoms with E-state index in [9.17, 15) is 14.4 Å². The molecule has 0 aliphatic heterocycles. The fraction of sp³-hybridized carbons (Fsp3) is 0.341. The van der Waals surface area contributed by atoms with Crippen molar-refractivity contribution in [3.63, 3.8) is 0 Å². The molecule has 0 atom stereocenters. The fourth-order valence-electron chi connectivity index (χ4n) is 6.33. The van der Waals surface area contributed by atoms with Gasteiger partial charge in [-0.3, -0.25) is 19.0 Å². The van der Waals surface area contributed by atoms with Gasteiger partial charge in [-0.05, 0) is 105 Å². The molecule has 1 aromatic heterocycles. The quantitative estimate of drug-likeness (QED) is 0.112. The van der Waals surface area contributed by atoms with Crippen LogP contribution in [0.15, 0.2) is 102 Å². The van der Waals surface area contributed by atoms with Gasteiger partial charge in [0.05, 0.1) is 12.6 Å². The van der Waals surface area contributed by atoms with Crippen molar-refractivity contribution < 1.29 is 19.1 Å². The number of nitrogens with zero attached hydrogens (tertiary/aromatic N) is 1. The van der Waals surface area contributed by atoms with Gasteiger partial charge in [0, 0.05) is 47.1 Å². The summed E-state index contributed by atoms with van der Waals surface area (Å²) in [7, 11) is 1.59. The third-order valence-corrected chi connectivity index (χ3v) is 9.28. The van der Waals surface area contributed by atoms with Gasteiger partial charge in [-0.2, -0.15) is 0 Å². The van der Waals surface area contributed by atoms with Gasteiger partial charge in [0.25, 0.3) is 5.91 Å². The summed E-state index contributed by atoms with van der Waals surface area (Å²) in [6, 6.07) is 12.3. The maximum atomic E-state index is 13.5. The first-order valence-electron chi connectivity index (χ1n) is 16.6. The minimum absolute atomic E-state index is 0.0290. The lowest BCUT2D eigenvalue weighted by Crippen LogP contribution is -2.22. The van der Waals surface area contributed by atoms with E-state index in [2.05, 4.69) is 45.2 Å². The number of ether oxygens (including phenoxy) is 1. The highest BCUT2D eigenvalue weighted by atomic mass is 35.5. The summed E-state index contributed by atoms with van der Waals surface area (Å²) in [5, 5.41) is 4.20. The Bertz CT molecular complexity index is 1820. The molecule has 0 fully saturated rings. The number of halogens is 1. The number of hydrogen-bond donors (Lipinski definition) is 1. The molecule has 48 heavy (non-hydrogen) atoms. The number of benzene rings is 2. The normalized spacial score (nSPS) is 15.3. The zero-order valence-corrected chi connectivity index (χ0v) is 29.7. The number of fused-ring (bicyclic) bond motifs is 1. The second-order valence-corrected chi connectivity index (χ2v) is 13.6. The molecule has 1 N–H and O–H groups in total. The highest BCUT2D eigenvalue weighted by Crippen LogP contribution is 2.40. The average molecular weight is 667 g/mol. The van der Waals surface area contributed by atoms with Crippen molar-refractivity contribution >= 4 is 40.1 Å². The molecule has 0 bridgehead atoms. The molecule has 0 spiro atoms. The minimum Gasteiger partial charge on any atom is -0.497 e.